The number of nitrogens with one attached hydrogen (secondary N) is 2. The fraction of sp³-hybridized carbons (Fsp3) is 0.500. The van der Waals surface area contributed by atoms with Gasteiger partial charge in [0, 0.05) is 31.2 Å². The molecule has 9 nitrogen and oxygen atoms in total. The number of hydrogen-bond acceptors (Lipinski definition) is 7. The molecule has 0 bridgehead atoms. The minimum absolute atomic E-state index is 0.0223. The Kier molecular flexibility index (Phi) is 7.32. The molecule has 2 aliphatic rings. The number of hydrogen-bond donors (Lipinski definition) is 2. The minimum Gasteiger partial charge on any atom is -0.341 e. The quantitative estimate of drug-likeness (QED) is 0.443. The van der Waals surface area contributed by atoms with E-state index in [2.05, 4.69) is 25.7 Å². The van der Waals surface area contributed by atoms with Crippen molar-refractivity contribution < 1.29 is 22.4 Å². The van der Waals surface area contributed by atoms with Crippen molar-refractivity contribution in [1.29, 1.82) is 0 Å². The zero-order valence-corrected chi connectivity index (χ0v) is 21.4. The molecule has 2 fully saturated rings. The molecule has 2 aromatic heterocycles. The lowest BCUT2D eigenvalue weighted by atomic mass is 10.0. The molecule has 2 saturated heterocycles. The van der Waals surface area contributed by atoms with Gasteiger partial charge in [0.25, 0.3) is 0 Å². The van der Waals surface area contributed by atoms with Crippen molar-refractivity contribution in [2.24, 2.45) is 0 Å². The average Bonchev–Trinajstić information content (AvgIpc) is 3.55. The van der Waals surface area contributed by atoms with E-state index in [9.17, 15) is 22.4 Å². The van der Waals surface area contributed by atoms with Gasteiger partial charge in [0.05, 0.1) is 23.3 Å². The lowest BCUT2D eigenvalue weighted by Gasteiger charge is -2.37. The molecule has 2 N–H and O–H groups in total. The summed E-state index contributed by atoms with van der Waals surface area (Å²) in [6, 6.07) is 3.91. The van der Waals surface area contributed by atoms with Crippen molar-refractivity contribution in [1.82, 2.24) is 30.0 Å². The first-order valence-electron chi connectivity index (χ1n) is 12.4. The number of nitrogens with zero attached hydrogens (tertiary/aromatic N) is 6. The zero-order chi connectivity index (χ0) is 27.0. The monoisotopic (exact) mass is 554 g/mol. The lowest BCUT2D eigenvalue weighted by Crippen LogP contribution is -2.50. The molecule has 1 atom stereocenters. The third-order valence-corrected chi connectivity index (χ3v) is 7.23. The van der Waals surface area contributed by atoms with Gasteiger partial charge < -0.3 is 20.4 Å². The molecule has 0 saturated carbocycles. The van der Waals surface area contributed by atoms with E-state index in [1.807, 2.05) is 11.9 Å². The number of likely N-dealkylation sites (N-methyl/N-ethyl adjacent to an activating group) is 1. The molecule has 0 spiro atoms. The van der Waals surface area contributed by atoms with Gasteiger partial charge in [-0.05, 0) is 50.4 Å². The van der Waals surface area contributed by atoms with E-state index in [1.165, 1.54) is 18.3 Å². The predicted octanol–water partition coefficient (Wildman–Crippen LogP) is 4.10. The van der Waals surface area contributed by atoms with Gasteiger partial charge in [-0.1, -0.05) is 11.6 Å². The summed E-state index contributed by atoms with van der Waals surface area (Å²) in [5.41, 5.74) is 0.0363. The highest BCUT2D eigenvalue weighted by Crippen LogP contribution is 2.31. The lowest BCUT2D eigenvalue weighted by molar-refractivity contribution is -0.142. The van der Waals surface area contributed by atoms with Crippen LogP contribution in [0.3, 0.4) is 0 Å². The van der Waals surface area contributed by atoms with Crippen LogP contribution in [0.2, 0.25) is 5.02 Å². The molecular formula is C24H27ClF4N8O. The number of halogens is 5. The highest BCUT2D eigenvalue weighted by atomic mass is 35.5. The zero-order valence-electron chi connectivity index (χ0n) is 20.6. The Morgan fingerprint density at radius 3 is 2.66 bits per heavy atom. The SMILES string of the molecule is CN(C(=O)[C@H]1CCCN1)C1CCN(c2nc(Nc3ccc(Cl)cc3F)c3cnn(CC(F)(F)F)c3n2)CC1. The number of carbonyl (C=O) groups is 1. The number of anilines is 3. The van der Waals surface area contributed by atoms with Gasteiger partial charge in [-0.25, -0.2) is 9.07 Å². The highest BCUT2D eigenvalue weighted by Gasteiger charge is 2.33. The summed E-state index contributed by atoms with van der Waals surface area (Å²) in [5, 5.41) is 10.4. The first-order chi connectivity index (χ1) is 18.1. The van der Waals surface area contributed by atoms with Crippen LogP contribution >= 0.6 is 11.6 Å². The van der Waals surface area contributed by atoms with Crippen molar-refractivity contribution in [3.63, 3.8) is 0 Å². The molecule has 2 aliphatic heterocycles. The first-order valence-corrected chi connectivity index (χ1v) is 12.7. The molecule has 14 heteroatoms. The topological polar surface area (TPSA) is 91.2 Å². The second-order valence-corrected chi connectivity index (χ2v) is 10.0. The highest BCUT2D eigenvalue weighted by molar-refractivity contribution is 6.30. The Labute approximate surface area is 221 Å². The standard InChI is InChI=1S/C24H27ClF4N8O/c1-35(22(38)19-3-2-8-30-19)15-6-9-36(10-7-15)23-33-20(32-18-5-4-14(25)11-17(18)26)16-12-31-37(21(16)34-23)13-24(27,28)29/h4-5,11-12,15,19,30H,2-3,6-10,13H2,1H3,(H,32,33,34)/t19-/m1/s1. The van der Waals surface area contributed by atoms with Crippen LogP contribution in [0, 0.1) is 5.82 Å². The normalized spacial score (nSPS) is 18.8. The van der Waals surface area contributed by atoms with Crippen LogP contribution in [0.25, 0.3) is 11.0 Å². The summed E-state index contributed by atoms with van der Waals surface area (Å²) >= 11 is 5.85. The Hall–Kier alpha value is -3.19. The van der Waals surface area contributed by atoms with Gasteiger partial charge in [0.2, 0.25) is 11.9 Å². The smallest absolute Gasteiger partial charge is 0.341 e. The maximum absolute atomic E-state index is 14.5. The Morgan fingerprint density at radius 2 is 2.00 bits per heavy atom. The molecule has 1 aromatic carbocycles. The predicted molar refractivity (Wildman–Crippen MR) is 135 cm³/mol. The van der Waals surface area contributed by atoms with Gasteiger partial charge >= 0.3 is 6.18 Å². The second-order valence-electron chi connectivity index (χ2n) is 9.59. The average molecular weight is 555 g/mol. The minimum atomic E-state index is -4.51. The summed E-state index contributed by atoms with van der Waals surface area (Å²) in [7, 11) is 1.81. The van der Waals surface area contributed by atoms with E-state index >= 15 is 0 Å². The third-order valence-electron chi connectivity index (χ3n) is 7.00. The number of carbonyl (C=O) groups excluding carboxylic acids is 1. The Morgan fingerprint density at radius 1 is 1.24 bits per heavy atom. The Balaban J connectivity index is 1.41. The van der Waals surface area contributed by atoms with E-state index in [1.54, 1.807) is 4.90 Å². The van der Waals surface area contributed by atoms with Gasteiger partial charge in [-0.2, -0.15) is 28.2 Å². The van der Waals surface area contributed by atoms with E-state index < -0.39 is 18.5 Å². The fourth-order valence-electron chi connectivity index (χ4n) is 4.96. The maximum atomic E-state index is 14.5. The largest absolute Gasteiger partial charge is 0.408 e. The summed E-state index contributed by atoms with van der Waals surface area (Å²) in [5.74, 6) is -0.241. The van der Waals surface area contributed by atoms with E-state index in [4.69, 9.17) is 11.6 Å². The number of aromatic nitrogens is 4. The number of piperidine rings is 1. The summed E-state index contributed by atoms with van der Waals surface area (Å²) in [6.45, 7) is 0.498. The summed E-state index contributed by atoms with van der Waals surface area (Å²) in [6.07, 6.45) is -0.191. The van der Waals surface area contributed by atoms with Crippen LogP contribution in [0.15, 0.2) is 24.4 Å². The molecule has 5 rings (SSSR count). The molecule has 1 amide bonds. The van der Waals surface area contributed by atoms with Crippen molar-refractivity contribution in [2.45, 2.75) is 50.5 Å². The second kappa shape index (κ2) is 10.5. The molecule has 204 valence electrons. The van der Waals surface area contributed by atoms with E-state index in [0.29, 0.717) is 25.9 Å². The van der Waals surface area contributed by atoms with Crippen LogP contribution < -0.4 is 15.5 Å². The van der Waals surface area contributed by atoms with Gasteiger partial charge in [0.15, 0.2) is 5.65 Å². The van der Waals surface area contributed by atoms with Gasteiger partial charge in [-0.15, -0.1) is 0 Å². The van der Waals surface area contributed by atoms with Crippen LogP contribution in [0.1, 0.15) is 25.7 Å². The molecule has 4 heterocycles. The summed E-state index contributed by atoms with van der Waals surface area (Å²) < 4.78 is 54.9. The van der Waals surface area contributed by atoms with Crippen molar-refractivity contribution in [3.05, 3.63) is 35.2 Å². The van der Waals surface area contributed by atoms with Crippen LogP contribution in [-0.4, -0.2) is 75.5 Å². The van der Waals surface area contributed by atoms with Crippen molar-refractivity contribution in [3.8, 4) is 0 Å². The van der Waals surface area contributed by atoms with Gasteiger partial charge in [0.1, 0.15) is 18.2 Å². The molecule has 0 aliphatic carbocycles. The van der Waals surface area contributed by atoms with Crippen molar-refractivity contribution in [2.75, 3.05) is 36.9 Å². The Bertz CT molecular complexity index is 1320. The number of benzene rings is 1. The van der Waals surface area contributed by atoms with Gasteiger partial charge in [-0.3, -0.25) is 4.79 Å². The molecule has 38 heavy (non-hydrogen) atoms. The van der Waals surface area contributed by atoms with Crippen LogP contribution in [-0.2, 0) is 11.3 Å². The molecular weight excluding hydrogens is 528 g/mol. The van der Waals surface area contributed by atoms with Crippen LogP contribution in [0.5, 0.6) is 0 Å². The number of alkyl halides is 3. The number of amides is 1. The maximum Gasteiger partial charge on any atom is 0.408 e. The number of rotatable bonds is 6. The number of fused-ring (bicyclic) bond motifs is 1. The van der Waals surface area contributed by atoms with E-state index in [-0.39, 0.29) is 51.5 Å². The van der Waals surface area contributed by atoms with E-state index in [0.717, 1.165) is 30.1 Å². The molecule has 0 radical (unpaired) electrons. The molecule has 3 aromatic rings. The molecule has 0 unspecified atom stereocenters. The third kappa shape index (κ3) is 5.63. The first kappa shape index (κ1) is 26.4. The fourth-order valence-corrected chi connectivity index (χ4v) is 5.12. The summed E-state index contributed by atoms with van der Waals surface area (Å²) in [4.78, 5) is 25.4. The van der Waals surface area contributed by atoms with Crippen LogP contribution in [0.4, 0.5) is 35.0 Å². The van der Waals surface area contributed by atoms with Crippen molar-refractivity contribution >= 4 is 46.0 Å².